The van der Waals surface area contributed by atoms with Crippen LogP contribution in [0.2, 0.25) is 0 Å². The molecule has 0 amide bonds. The topological polar surface area (TPSA) is 90.9 Å². The number of hydrogen-bond acceptors (Lipinski definition) is 7. The van der Waals surface area contributed by atoms with Gasteiger partial charge in [-0.15, -0.1) is 11.3 Å². The van der Waals surface area contributed by atoms with Gasteiger partial charge in [-0.05, 0) is 44.1 Å². The molecule has 3 N–H and O–H groups in total. The summed E-state index contributed by atoms with van der Waals surface area (Å²) in [5.41, 5.74) is 9.97. The third-order valence-corrected chi connectivity index (χ3v) is 6.48. The Hall–Kier alpha value is -2.97. The van der Waals surface area contributed by atoms with Crippen LogP contribution in [-0.4, -0.2) is 39.9 Å². The fraction of sp³-hybridized carbons (Fsp3) is 0.286. The third-order valence-electron chi connectivity index (χ3n) is 5.37. The Balaban J connectivity index is 1.52. The second-order valence-electron chi connectivity index (χ2n) is 7.17. The second-order valence-corrected chi connectivity index (χ2v) is 8.17. The number of nitrogens with two attached hydrogens (primary N) is 1. The standard InChI is InChI=1S/C21H22N6OS/c1-28-18-4-2-3-17-19(18)29-21(26-17)16-9-13(10-24-20(16)22)14-11-25-27(12-14)15-5-7-23-8-6-15/h2-4,9-12,15,23H,5-8H2,1H3,(H2,22,24). The number of nitrogen functional groups attached to an aromatic ring is 1. The molecule has 5 rings (SSSR count). The lowest BCUT2D eigenvalue weighted by Crippen LogP contribution is -2.29. The number of pyridine rings is 1. The summed E-state index contributed by atoms with van der Waals surface area (Å²) in [4.78, 5) is 9.19. The molecular weight excluding hydrogens is 384 g/mol. The number of thiazole rings is 1. The summed E-state index contributed by atoms with van der Waals surface area (Å²) < 4.78 is 8.55. The Kier molecular flexibility index (Phi) is 4.65. The van der Waals surface area contributed by atoms with Crippen molar-refractivity contribution in [3.8, 4) is 27.4 Å². The molecule has 148 valence electrons. The van der Waals surface area contributed by atoms with Gasteiger partial charge in [-0.1, -0.05) is 6.07 Å². The lowest BCUT2D eigenvalue weighted by molar-refractivity contribution is 0.343. The molecule has 7 nitrogen and oxygen atoms in total. The number of ether oxygens (including phenoxy) is 1. The molecule has 3 aromatic heterocycles. The molecular formula is C21H22N6OS. The van der Waals surface area contributed by atoms with Crippen LogP contribution in [0.15, 0.2) is 42.9 Å². The van der Waals surface area contributed by atoms with Gasteiger partial charge in [-0.2, -0.15) is 5.10 Å². The van der Waals surface area contributed by atoms with Gasteiger partial charge >= 0.3 is 0 Å². The monoisotopic (exact) mass is 406 g/mol. The van der Waals surface area contributed by atoms with E-state index in [4.69, 9.17) is 15.5 Å². The number of nitrogens with zero attached hydrogens (tertiary/aromatic N) is 4. The predicted molar refractivity (Wildman–Crippen MR) is 116 cm³/mol. The number of methoxy groups -OCH3 is 1. The van der Waals surface area contributed by atoms with Gasteiger partial charge in [0, 0.05) is 23.5 Å². The summed E-state index contributed by atoms with van der Waals surface area (Å²) in [6.07, 6.45) is 8.01. The van der Waals surface area contributed by atoms with Crippen LogP contribution in [0, 0.1) is 0 Å². The van der Waals surface area contributed by atoms with E-state index in [2.05, 4.69) is 32.3 Å². The number of fused-ring (bicyclic) bond motifs is 1. The average molecular weight is 407 g/mol. The van der Waals surface area contributed by atoms with Gasteiger partial charge in [-0.25, -0.2) is 9.97 Å². The molecule has 4 heterocycles. The summed E-state index contributed by atoms with van der Waals surface area (Å²) in [6, 6.07) is 8.36. The molecule has 0 radical (unpaired) electrons. The zero-order valence-corrected chi connectivity index (χ0v) is 16.9. The van der Waals surface area contributed by atoms with Crippen molar-refractivity contribution in [2.45, 2.75) is 18.9 Å². The van der Waals surface area contributed by atoms with E-state index in [-0.39, 0.29) is 0 Å². The highest BCUT2D eigenvalue weighted by atomic mass is 32.1. The summed E-state index contributed by atoms with van der Waals surface area (Å²) in [7, 11) is 1.67. The van der Waals surface area contributed by atoms with Gasteiger partial charge in [0.1, 0.15) is 16.6 Å². The first-order valence-corrected chi connectivity index (χ1v) is 10.5. The number of nitrogens with one attached hydrogen (secondary N) is 1. The first-order valence-electron chi connectivity index (χ1n) is 9.67. The largest absolute Gasteiger partial charge is 0.495 e. The smallest absolute Gasteiger partial charge is 0.138 e. The Morgan fingerprint density at radius 3 is 2.90 bits per heavy atom. The fourth-order valence-electron chi connectivity index (χ4n) is 3.76. The van der Waals surface area contributed by atoms with Gasteiger partial charge in [0.25, 0.3) is 0 Å². The summed E-state index contributed by atoms with van der Waals surface area (Å²) in [6.45, 7) is 2.07. The predicted octanol–water partition coefficient (Wildman–Crippen LogP) is 3.74. The molecule has 0 bridgehead atoms. The van der Waals surface area contributed by atoms with Crippen LogP contribution in [0.25, 0.3) is 31.9 Å². The van der Waals surface area contributed by atoms with Crippen molar-refractivity contribution in [1.82, 2.24) is 25.1 Å². The molecule has 0 aliphatic carbocycles. The normalized spacial score (nSPS) is 15.1. The minimum atomic E-state index is 0.447. The van der Waals surface area contributed by atoms with E-state index in [1.807, 2.05) is 24.4 Å². The average Bonchev–Trinajstić information content (AvgIpc) is 3.42. The van der Waals surface area contributed by atoms with E-state index >= 15 is 0 Å². The Morgan fingerprint density at radius 1 is 1.21 bits per heavy atom. The molecule has 0 spiro atoms. The van der Waals surface area contributed by atoms with Crippen LogP contribution in [0.4, 0.5) is 5.82 Å². The number of piperidine rings is 1. The quantitative estimate of drug-likeness (QED) is 0.537. The summed E-state index contributed by atoms with van der Waals surface area (Å²) >= 11 is 1.56. The van der Waals surface area contributed by atoms with Crippen molar-refractivity contribution >= 4 is 27.4 Å². The molecule has 29 heavy (non-hydrogen) atoms. The van der Waals surface area contributed by atoms with Crippen LogP contribution in [0.5, 0.6) is 5.75 Å². The Labute approximate surface area is 172 Å². The zero-order chi connectivity index (χ0) is 19.8. The lowest BCUT2D eigenvalue weighted by atomic mass is 10.1. The first kappa shape index (κ1) is 18.1. The van der Waals surface area contributed by atoms with Crippen LogP contribution in [0.1, 0.15) is 18.9 Å². The molecule has 1 aliphatic rings. The molecule has 0 unspecified atom stereocenters. The molecule has 8 heteroatoms. The molecule has 0 atom stereocenters. The van der Waals surface area contributed by atoms with Crippen molar-refractivity contribution in [2.75, 3.05) is 25.9 Å². The lowest BCUT2D eigenvalue weighted by Gasteiger charge is -2.22. The number of benzene rings is 1. The van der Waals surface area contributed by atoms with Crippen LogP contribution >= 0.6 is 11.3 Å². The molecule has 1 saturated heterocycles. The minimum absolute atomic E-state index is 0.447. The highest BCUT2D eigenvalue weighted by molar-refractivity contribution is 7.22. The van der Waals surface area contributed by atoms with Gasteiger partial charge in [0.15, 0.2) is 0 Å². The van der Waals surface area contributed by atoms with E-state index < -0.39 is 0 Å². The van der Waals surface area contributed by atoms with Crippen molar-refractivity contribution in [1.29, 1.82) is 0 Å². The zero-order valence-electron chi connectivity index (χ0n) is 16.1. The number of aromatic nitrogens is 4. The maximum absolute atomic E-state index is 6.21. The van der Waals surface area contributed by atoms with E-state index in [1.165, 1.54) is 0 Å². The molecule has 0 saturated carbocycles. The first-order chi connectivity index (χ1) is 14.2. The third kappa shape index (κ3) is 3.34. The molecule has 4 aromatic rings. The molecule has 1 aromatic carbocycles. The van der Waals surface area contributed by atoms with Gasteiger partial charge in [0.2, 0.25) is 0 Å². The number of rotatable bonds is 4. The second kappa shape index (κ2) is 7.46. The van der Waals surface area contributed by atoms with Crippen LogP contribution in [0.3, 0.4) is 0 Å². The van der Waals surface area contributed by atoms with E-state index in [9.17, 15) is 0 Å². The Bertz CT molecular complexity index is 1160. The van der Waals surface area contributed by atoms with Gasteiger partial charge < -0.3 is 15.8 Å². The van der Waals surface area contributed by atoms with Crippen LogP contribution < -0.4 is 15.8 Å². The van der Waals surface area contributed by atoms with E-state index in [0.717, 1.165) is 63.6 Å². The number of anilines is 1. The van der Waals surface area contributed by atoms with Gasteiger partial charge in [-0.3, -0.25) is 4.68 Å². The summed E-state index contributed by atoms with van der Waals surface area (Å²) in [5, 5.41) is 8.83. The van der Waals surface area contributed by atoms with Crippen molar-refractivity contribution in [2.24, 2.45) is 0 Å². The van der Waals surface area contributed by atoms with E-state index in [1.54, 1.807) is 24.6 Å². The fourth-order valence-corrected chi connectivity index (χ4v) is 4.84. The van der Waals surface area contributed by atoms with E-state index in [0.29, 0.717) is 11.9 Å². The highest BCUT2D eigenvalue weighted by Crippen LogP contribution is 2.38. The van der Waals surface area contributed by atoms with Crippen molar-refractivity contribution in [3.05, 3.63) is 42.9 Å². The molecule has 1 aliphatic heterocycles. The van der Waals surface area contributed by atoms with Crippen molar-refractivity contribution < 1.29 is 4.74 Å². The number of hydrogen-bond donors (Lipinski definition) is 2. The minimum Gasteiger partial charge on any atom is -0.495 e. The maximum atomic E-state index is 6.21. The Morgan fingerprint density at radius 2 is 2.07 bits per heavy atom. The van der Waals surface area contributed by atoms with Crippen molar-refractivity contribution in [3.63, 3.8) is 0 Å². The van der Waals surface area contributed by atoms with Gasteiger partial charge in [0.05, 0.1) is 35.1 Å². The SMILES string of the molecule is COc1cccc2nc(-c3cc(-c4cnn(C5CCNCC5)c4)cnc3N)sc12. The summed E-state index contributed by atoms with van der Waals surface area (Å²) in [5.74, 6) is 1.29. The highest BCUT2D eigenvalue weighted by Gasteiger charge is 2.18. The molecule has 1 fully saturated rings. The maximum Gasteiger partial charge on any atom is 0.138 e. The van der Waals surface area contributed by atoms with Crippen LogP contribution in [-0.2, 0) is 0 Å².